The molecule has 0 saturated carbocycles. The van der Waals surface area contributed by atoms with E-state index in [4.69, 9.17) is 9.47 Å². The maximum Gasteiger partial charge on any atom is 0.408 e. The lowest BCUT2D eigenvalue weighted by Crippen LogP contribution is -2.48. The predicted molar refractivity (Wildman–Crippen MR) is 103 cm³/mol. The van der Waals surface area contributed by atoms with Crippen molar-refractivity contribution in [2.75, 3.05) is 7.11 Å². The van der Waals surface area contributed by atoms with E-state index in [0.717, 1.165) is 0 Å². The van der Waals surface area contributed by atoms with Gasteiger partial charge in [0.15, 0.2) is 0 Å². The van der Waals surface area contributed by atoms with E-state index >= 15 is 4.39 Å². The van der Waals surface area contributed by atoms with Crippen molar-refractivity contribution in [3.05, 3.63) is 65.2 Å². The van der Waals surface area contributed by atoms with Gasteiger partial charge in [0.1, 0.15) is 17.4 Å². The molecule has 148 valence electrons. The molecular formula is C22H24FNO4. The van der Waals surface area contributed by atoms with E-state index in [9.17, 15) is 9.59 Å². The second-order valence-corrected chi connectivity index (χ2v) is 7.85. The number of ketones is 1. The highest BCUT2D eigenvalue weighted by Gasteiger charge is 2.54. The number of alkyl carbamates (subject to hydrolysis) is 1. The lowest BCUT2D eigenvalue weighted by molar-refractivity contribution is 0.0370. The first-order valence-corrected chi connectivity index (χ1v) is 9.10. The molecule has 3 rings (SSSR count). The molecule has 0 aromatic heterocycles. The van der Waals surface area contributed by atoms with Crippen molar-refractivity contribution >= 4 is 11.9 Å². The van der Waals surface area contributed by atoms with Crippen LogP contribution in [0.15, 0.2) is 48.5 Å². The first-order chi connectivity index (χ1) is 13.2. The van der Waals surface area contributed by atoms with Gasteiger partial charge in [-0.2, -0.15) is 0 Å². The molecule has 5 nitrogen and oxygen atoms in total. The Morgan fingerprint density at radius 2 is 1.79 bits per heavy atom. The lowest BCUT2D eigenvalue weighted by atomic mass is 9.86. The zero-order chi connectivity index (χ0) is 20.5. The number of carbonyl (C=O) groups excluding carboxylic acids is 2. The quantitative estimate of drug-likeness (QED) is 0.847. The number of para-hydroxylation sites is 1. The summed E-state index contributed by atoms with van der Waals surface area (Å²) in [6.07, 6.45) is -0.940. The Morgan fingerprint density at radius 3 is 2.43 bits per heavy atom. The second-order valence-electron chi connectivity index (χ2n) is 7.85. The van der Waals surface area contributed by atoms with Crippen LogP contribution in [0.4, 0.5) is 9.18 Å². The molecule has 0 bridgehead atoms. The monoisotopic (exact) mass is 385 g/mol. The van der Waals surface area contributed by atoms with Crippen LogP contribution >= 0.6 is 0 Å². The van der Waals surface area contributed by atoms with Crippen LogP contribution in [0.25, 0.3) is 0 Å². The molecule has 0 aliphatic heterocycles. The minimum Gasteiger partial charge on any atom is -0.496 e. The van der Waals surface area contributed by atoms with Crippen LogP contribution in [0.5, 0.6) is 5.75 Å². The largest absolute Gasteiger partial charge is 0.496 e. The molecule has 0 unspecified atom stereocenters. The summed E-state index contributed by atoms with van der Waals surface area (Å²) in [5.41, 5.74) is -1.80. The molecule has 2 aromatic rings. The molecule has 1 aliphatic carbocycles. The van der Waals surface area contributed by atoms with Crippen molar-refractivity contribution in [2.24, 2.45) is 0 Å². The maximum atomic E-state index is 16.3. The summed E-state index contributed by atoms with van der Waals surface area (Å²) < 4.78 is 26.9. The summed E-state index contributed by atoms with van der Waals surface area (Å²) in [4.78, 5) is 25.5. The molecule has 1 amide bonds. The van der Waals surface area contributed by atoms with Gasteiger partial charge in [0.05, 0.1) is 7.11 Å². The molecule has 0 spiro atoms. The third-order valence-corrected chi connectivity index (χ3v) is 4.66. The Balaban J connectivity index is 2.04. The number of amides is 1. The predicted octanol–water partition coefficient (Wildman–Crippen LogP) is 4.41. The van der Waals surface area contributed by atoms with Crippen molar-refractivity contribution in [1.82, 2.24) is 5.32 Å². The number of carbonyl (C=O) groups is 2. The highest BCUT2D eigenvalue weighted by molar-refractivity contribution is 6.07. The average Bonchev–Trinajstić information content (AvgIpc) is 2.90. The van der Waals surface area contributed by atoms with E-state index in [2.05, 4.69) is 5.32 Å². The van der Waals surface area contributed by atoms with Crippen molar-refractivity contribution in [3.63, 3.8) is 0 Å². The topological polar surface area (TPSA) is 64.6 Å². The molecule has 2 aromatic carbocycles. The number of benzene rings is 2. The van der Waals surface area contributed by atoms with E-state index in [1.54, 1.807) is 69.3 Å². The molecule has 28 heavy (non-hydrogen) atoms. The highest BCUT2D eigenvalue weighted by atomic mass is 19.1. The minimum atomic E-state index is -2.35. The van der Waals surface area contributed by atoms with Gasteiger partial charge >= 0.3 is 6.09 Å². The number of halogens is 1. The number of rotatable bonds is 4. The van der Waals surface area contributed by atoms with Crippen LogP contribution in [0.3, 0.4) is 0 Å². The molecule has 1 aliphatic rings. The van der Waals surface area contributed by atoms with Crippen molar-refractivity contribution in [3.8, 4) is 5.75 Å². The number of ether oxygens (including phenoxy) is 2. The van der Waals surface area contributed by atoms with Crippen LogP contribution in [-0.2, 0) is 11.2 Å². The Bertz CT molecular complexity index is 905. The SMILES string of the molecule is COc1ccccc1[C@H](NC(=O)OC(C)(C)C)[C@@]1(F)Cc2ccccc2C1=O. The Kier molecular flexibility index (Phi) is 5.15. The van der Waals surface area contributed by atoms with E-state index in [1.165, 1.54) is 7.11 Å². The van der Waals surface area contributed by atoms with Gasteiger partial charge in [-0.05, 0) is 32.4 Å². The van der Waals surface area contributed by atoms with E-state index in [0.29, 0.717) is 22.4 Å². The standard InChI is InChI=1S/C22H24FNO4/c1-21(2,3)28-20(26)24-18(16-11-7-8-12-17(16)27-4)22(23)13-14-9-5-6-10-15(14)19(22)25/h5-12,18H,13H2,1-4H3,(H,24,26)/t18-,22-/m0/s1. The van der Waals surface area contributed by atoms with Crippen molar-refractivity contribution < 1.29 is 23.5 Å². The summed E-state index contributed by atoms with van der Waals surface area (Å²) in [7, 11) is 1.46. The van der Waals surface area contributed by atoms with E-state index in [-0.39, 0.29) is 6.42 Å². The lowest BCUT2D eigenvalue weighted by Gasteiger charge is -2.32. The fraction of sp³-hybridized carbons (Fsp3) is 0.364. The molecule has 0 fully saturated rings. The zero-order valence-electron chi connectivity index (χ0n) is 16.4. The first kappa shape index (κ1) is 19.9. The molecule has 6 heteroatoms. The van der Waals surface area contributed by atoms with Crippen molar-refractivity contribution in [2.45, 2.75) is 44.5 Å². The minimum absolute atomic E-state index is 0.138. The normalized spacial score (nSPS) is 19.7. The Hall–Kier alpha value is -2.89. The summed E-state index contributed by atoms with van der Waals surface area (Å²) in [6.45, 7) is 5.14. The van der Waals surface area contributed by atoms with Crippen LogP contribution in [-0.4, -0.2) is 30.3 Å². The highest BCUT2D eigenvalue weighted by Crippen LogP contribution is 2.44. The second kappa shape index (κ2) is 7.26. The summed E-state index contributed by atoms with van der Waals surface area (Å²) in [5.74, 6) is -0.278. The van der Waals surface area contributed by atoms with Gasteiger partial charge in [0, 0.05) is 17.5 Å². The third kappa shape index (κ3) is 3.72. The number of Topliss-reactive ketones (excluding diaryl/α,β-unsaturated/α-hetero) is 1. The number of hydrogen-bond donors (Lipinski definition) is 1. The summed E-state index contributed by atoms with van der Waals surface area (Å²) >= 11 is 0. The number of fused-ring (bicyclic) bond motifs is 1. The molecular weight excluding hydrogens is 361 g/mol. The van der Waals surface area contributed by atoms with Gasteiger partial charge < -0.3 is 14.8 Å². The van der Waals surface area contributed by atoms with Gasteiger partial charge in [-0.15, -0.1) is 0 Å². The number of methoxy groups -OCH3 is 1. The smallest absolute Gasteiger partial charge is 0.408 e. The average molecular weight is 385 g/mol. The van der Waals surface area contributed by atoms with Crippen LogP contribution in [0, 0.1) is 0 Å². The van der Waals surface area contributed by atoms with Gasteiger partial charge in [0.25, 0.3) is 0 Å². The Morgan fingerprint density at radius 1 is 1.14 bits per heavy atom. The molecule has 0 heterocycles. The van der Waals surface area contributed by atoms with E-state index in [1.807, 2.05) is 0 Å². The van der Waals surface area contributed by atoms with Gasteiger partial charge in [0.2, 0.25) is 11.5 Å². The fourth-order valence-corrected chi connectivity index (χ4v) is 3.48. The van der Waals surface area contributed by atoms with Crippen LogP contribution in [0.1, 0.15) is 48.3 Å². The van der Waals surface area contributed by atoms with Crippen molar-refractivity contribution in [1.29, 1.82) is 0 Å². The van der Waals surface area contributed by atoms with Crippen LogP contribution in [0.2, 0.25) is 0 Å². The summed E-state index contributed by atoms with van der Waals surface area (Å²) in [5, 5.41) is 2.58. The Labute approximate surface area is 163 Å². The third-order valence-electron chi connectivity index (χ3n) is 4.66. The summed E-state index contributed by atoms with van der Waals surface area (Å²) in [6, 6.07) is 12.3. The zero-order valence-corrected chi connectivity index (χ0v) is 16.4. The van der Waals surface area contributed by atoms with Crippen LogP contribution < -0.4 is 10.1 Å². The molecule has 2 atom stereocenters. The van der Waals surface area contributed by atoms with E-state index < -0.39 is 29.2 Å². The molecule has 1 N–H and O–H groups in total. The van der Waals surface area contributed by atoms with Gasteiger partial charge in [-0.1, -0.05) is 42.5 Å². The molecule has 0 saturated heterocycles. The fourth-order valence-electron chi connectivity index (χ4n) is 3.48. The maximum absolute atomic E-state index is 16.3. The van der Waals surface area contributed by atoms with Gasteiger partial charge in [-0.3, -0.25) is 4.79 Å². The first-order valence-electron chi connectivity index (χ1n) is 9.10. The number of hydrogen-bond acceptors (Lipinski definition) is 4. The van der Waals surface area contributed by atoms with Gasteiger partial charge in [-0.25, -0.2) is 9.18 Å². The number of nitrogens with one attached hydrogen (secondary N) is 1. The number of alkyl halides is 1. The molecule has 0 radical (unpaired) electrons.